The second kappa shape index (κ2) is 5.80. The number of hydrogen-bond donors (Lipinski definition) is 0. The first kappa shape index (κ1) is 12.1. The van der Waals surface area contributed by atoms with E-state index in [-0.39, 0.29) is 5.97 Å². The zero-order chi connectivity index (χ0) is 12.1. The average Bonchev–Trinajstić information content (AvgIpc) is 2.40. The number of nitrogens with zero attached hydrogens (tertiary/aromatic N) is 1. The highest BCUT2D eigenvalue weighted by Crippen LogP contribution is 2.36. The number of methoxy groups -OCH3 is 1. The van der Waals surface area contributed by atoms with Crippen LogP contribution in [0.2, 0.25) is 0 Å². The Morgan fingerprint density at radius 2 is 1.94 bits per heavy atom. The van der Waals surface area contributed by atoms with Crippen molar-refractivity contribution < 1.29 is 9.53 Å². The molecule has 0 atom stereocenters. The van der Waals surface area contributed by atoms with Crippen LogP contribution in [-0.2, 0) is 9.53 Å². The van der Waals surface area contributed by atoms with Gasteiger partial charge in [0.1, 0.15) is 0 Å². The van der Waals surface area contributed by atoms with E-state index in [2.05, 4.69) is 17.1 Å². The van der Waals surface area contributed by atoms with Crippen LogP contribution in [0.15, 0.2) is 24.5 Å². The minimum atomic E-state index is -0.0719. The predicted octanol–water partition coefficient (Wildman–Crippen LogP) is 2.92. The van der Waals surface area contributed by atoms with Crippen molar-refractivity contribution in [3.05, 3.63) is 30.1 Å². The number of esters is 1. The topological polar surface area (TPSA) is 39.2 Å². The molecule has 0 unspecified atom stereocenters. The third-order valence-electron chi connectivity index (χ3n) is 3.71. The monoisotopic (exact) mass is 233 g/mol. The van der Waals surface area contributed by atoms with Crippen LogP contribution in [0.1, 0.15) is 43.6 Å². The Hall–Kier alpha value is -1.38. The zero-order valence-electron chi connectivity index (χ0n) is 10.3. The molecule has 1 fully saturated rings. The molecule has 0 radical (unpaired) electrons. The first-order valence-corrected chi connectivity index (χ1v) is 6.26. The Morgan fingerprint density at radius 1 is 1.29 bits per heavy atom. The van der Waals surface area contributed by atoms with Gasteiger partial charge in [0, 0.05) is 18.8 Å². The van der Waals surface area contributed by atoms with Gasteiger partial charge in [-0.3, -0.25) is 9.78 Å². The van der Waals surface area contributed by atoms with Crippen molar-refractivity contribution in [3.63, 3.8) is 0 Å². The summed E-state index contributed by atoms with van der Waals surface area (Å²) < 4.78 is 4.72. The van der Waals surface area contributed by atoms with Crippen molar-refractivity contribution in [2.24, 2.45) is 5.92 Å². The molecule has 1 aliphatic carbocycles. The zero-order valence-corrected chi connectivity index (χ0v) is 10.3. The Bertz CT molecular complexity index is 356. The van der Waals surface area contributed by atoms with Crippen molar-refractivity contribution in [1.82, 2.24) is 4.98 Å². The summed E-state index contributed by atoms with van der Waals surface area (Å²) in [5, 5.41) is 0. The fourth-order valence-electron chi connectivity index (χ4n) is 2.65. The fraction of sp³-hybridized carbons (Fsp3) is 0.571. The van der Waals surface area contributed by atoms with Crippen molar-refractivity contribution in [3.8, 4) is 0 Å². The van der Waals surface area contributed by atoms with Gasteiger partial charge < -0.3 is 4.74 Å². The maximum Gasteiger partial charge on any atom is 0.305 e. The van der Waals surface area contributed by atoms with Gasteiger partial charge in [0.2, 0.25) is 0 Å². The van der Waals surface area contributed by atoms with Crippen LogP contribution in [0.5, 0.6) is 0 Å². The number of rotatable bonds is 3. The van der Waals surface area contributed by atoms with Crippen molar-refractivity contribution in [2.45, 2.75) is 38.0 Å². The lowest BCUT2D eigenvalue weighted by molar-refractivity contribution is -0.142. The lowest BCUT2D eigenvalue weighted by atomic mass is 9.78. The molecule has 3 heteroatoms. The van der Waals surface area contributed by atoms with Gasteiger partial charge in [-0.05, 0) is 55.2 Å². The largest absolute Gasteiger partial charge is 0.469 e. The summed E-state index contributed by atoms with van der Waals surface area (Å²) in [5.74, 6) is 1.09. The van der Waals surface area contributed by atoms with Crippen LogP contribution in [0.25, 0.3) is 0 Å². The first-order valence-electron chi connectivity index (χ1n) is 6.26. The quantitative estimate of drug-likeness (QED) is 0.753. The number of hydrogen-bond acceptors (Lipinski definition) is 3. The second-order valence-corrected chi connectivity index (χ2v) is 4.78. The molecule has 0 aromatic carbocycles. The summed E-state index contributed by atoms with van der Waals surface area (Å²) in [6, 6.07) is 4.20. The molecule has 1 heterocycles. The Morgan fingerprint density at radius 3 is 2.53 bits per heavy atom. The van der Waals surface area contributed by atoms with Crippen LogP contribution in [0.4, 0.5) is 0 Å². The molecule has 2 rings (SSSR count). The van der Waals surface area contributed by atoms with E-state index in [1.54, 1.807) is 0 Å². The second-order valence-electron chi connectivity index (χ2n) is 4.78. The van der Waals surface area contributed by atoms with Crippen LogP contribution in [-0.4, -0.2) is 18.1 Å². The van der Waals surface area contributed by atoms with E-state index < -0.39 is 0 Å². The van der Waals surface area contributed by atoms with Crippen LogP contribution >= 0.6 is 0 Å². The first-order chi connectivity index (χ1) is 8.29. The lowest BCUT2D eigenvalue weighted by Gasteiger charge is -2.28. The molecular formula is C14H19NO2. The number of carbonyl (C=O) groups excluding carboxylic acids is 1. The molecule has 1 aromatic rings. The molecule has 0 saturated heterocycles. The van der Waals surface area contributed by atoms with Gasteiger partial charge in [-0.15, -0.1) is 0 Å². The Kier molecular flexibility index (Phi) is 4.13. The van der Waals surface area contributed by atoms with Gasteiger partial charge in [-0.2, -0.15) is 0 Å². The smallest absolute Gasteiger partial charge is 0.305 e. The van der Waals surface area contributed by atoms with E-state index in [0.29, 0.717) is 18.3 Å². The maximum atomic E-state index is 11.2. The van der Waals surface area contributed by atoms with Gasteiger partial charge in [0.05, 0.1) is 7.11 Å². The standard InChI is InChI=1S/C14H19NO2/c1-17-14(16)10-11-2-4-12(5-3-11)13-6-8-15-9-7-13/h6-9,11-12H,2-5,10H2,1H3/t11-,12+. The van der Waals surface area contributed by atoms with Gasteiger partial charge in [-0.25, -0.2) is 0 Å². The molecule has 0 bridgehead atoms. The molecule has 0 spiro atoms. The van der Waals surface area contributed by atoms with Crippen LogP contribution in [0, 0.1) is 5.92 Å². The highest BCUT2D eigenvalue weighted by Gasteiger charge is 2.24. The molecule has 0 amide bonds. The molecule has 1 saturated carbocycles. The van der Waals surface area contributed by atoms with Gasteiger partial charge in [0.25, 0.3) is 0 Å². The summed E-state index contributed by atoms with van der Waals surface area (Å²) in [6.07, 6.45) is 8.90. The fourth-order valence-corrected chi connectivity index (χ4v) is 2.65. The molecule has 3 nitrogen and oxygen atoms in total. The number of carbonyl (C=O) groups is 1. The molecule has 0 aliphatic heterocycles. The highest BCUT2D eigenvalue weighted by atomic mass is 16.5. The molecule has 17 heavy (non-hydrogen) atoms. The van der Waals surface area contributed by atoms with Crippen LogP contribution < -0.4 is 0 Å². The van der Waals surface area contributed by atoms with Crippen molar-refractivity contribution >= 4 is 5.97 Å². The van der Waals surface area contributed by atoms with E-state index in [1.165, 1.54) is 25.5 Å². The number of aromatic nitrogens is 1. The summed E-state index contributed by atoms with van der Waals surface area (Å²) in [5.41, 5.74) is 1.39. The SMILES string of the molecule is COC(=O)C[C@H]1CC[C@@H](c2ccncc2)CC1. The number of ether oxygens (including phenoxy) is 1. The average molecular weight is 233 g/mol. The van der Waals surface area contributed by atoms with Crippen molar-refractivity contribution in [2.75, 3.05) is 7.11 Å². The Labute approximate surface area is 102 Å². The van der Waals surface area contributed by atoms with Gasteiger partial charge >= 0.3 is 5.97 Å². The molecular weight excluding hydrogens is 214 g/mol. The molecule has 0 N–H and O–H groups in total. The minimum absolute atomic E-state index is 0.0719. The maximum absolute atomic E-state index is 11.2. The summed E-state index contributed by atoms with van der Waals surface area (Å²) in [6.45, 7) is 0. The van der Waals surface area contributed by atoms with E-state index in [0.717, 1.165) is 12.8 Å². The lowest BCUT2D eigenvalue weighted by Crippen LogP contribution is -2.17. The summed E-state index contributed by atoms with van der Waals surface area (Å²) in [7, 11) is 1.46. The summed E-state index contributed by atoms with van der Waals surface area (Å²) >= 11 is 0. The van der Waals surface area contributed by atoms with E-state index in [4.69, 9.17) is 4.74 Å². The molecule has 92 valence electrons. The van der Waals surface area contributed by atoms with E-state index >= 15 is 0 Å². The molecule has 1 aromatic heterocycles. The van der Waals surface area contributed by atoms with E-state index in [9.17, 15) is 4.79 Å². The minimum Gasteiger partial charge on any atom is -0.469 e. The van der Waals surface area contributed by atoms with E-state index in [1.807, 2.05) is 12.4 Å². The molecule has 1 aliphatic rings. The summed E-state index contributed by atoms with van der Waals surface area (Å²) in [4.78, 5) is 15.2. The normalized spacial score (nSPS) is 24.3. The van der Waals surface area contributed by atoms with Crippen LogP contribution in [0.3, 0.4) is 0 Å². The van der Waals surface area contributed by atoms with Crippen molar-refractivity contribution in [1.29, 1.82) is 0 Å². The van der Waals surface area contributed by atoms with Gasteiger partial charge in [0.15, 0.2) is 0 Å². The van der Waals surface area contributed by atoms with Gasteiger partial charge in [-0.1, -0.05) is 0 Å². The third-order valence-corrected chi connectivity index (χ3v) is 3.71. The third kappa shape index (κ3) is 3.29. The number of pyridine rings is 1. The predicted molar refractivity (Wildman–Crippen MR) is 65.6 cm³/mol. The highest BCUT2D eigenvalue weighted by molar-refractivity contribution is 5.69. The Balaban J connectivity index is 1.84.